The number of rotatable bonds is 3. The molecule has 5 heteroatoms. The summed E-state index contributed by atoms with van der Waals surface area (Å²) in [5.74, 6) is 0.826. The summed E-state index contributed by atoms with van der Waals surface area (Å²) in [7, 11) is 1.67. The van der Waals surface area contributed by atoms with Crippen LogP contribution in [0.4, 0.5) is 0 Å². The molecule has 5 nitrogen and oxygen atoms in total. The molecule has 2 aliphatic heterocycles. The Balaban J connectivity index is 1.41. The molecule has 0 saturated carbocycles. The summed E-state index contributed by atoms with van der Waals surface area (Å²) < 4.78 is 5.30. The third-order valence-corrected chi connectivity index (χ3v) is 5.29. The van der Waals surface area contributed by atoms with Gasteiger partial charge in [-0.25, -0.2) is 0 Å². The van der Waals surface area contributed by atoms with Crippen molar-refractivity contribution in [3.8, 4) is 5.75 Å². The first-order chi connectivity index (χ1) is 12.7. The van der Waals surface area contributed by atoms with Crippen molar-refractivity contribution in [3.05, 3.63) is 64.7 Å². The van der Waals surface area contributed by atoms with Crippen molar-refractivity contribution in [1.82, 2.24) is 9.80 Å². The highest BCUT2D eigenvalue weighted by Crippen LogP contribution is 2.24. The molecule has 0 atom stereocenters. The minimum Gasteiger partial charge on any atom is -0.497 e. The van der Waals surface area contributed by atoms with E-state index in [-0.39, 0.29) is 18.4 Å². The summed E-state index contributed by atoms with van der Waals surface area (Å²) in [6, 6.07) is 13.7. The van der Waals surface area contributed by atoms with Crippen LogP contribution in [-0.4, -0.2) is 48.4 Å². The molecule has 0 spiro atoms. The van der Waals surface area contributed by atoms with Crippen molar-refractivity contribution in [1.29, 1.82) is 0 Å². The van der Waals surface area contributed by atoms with Crippen molar-refractivity contribution < 1.29 is 14.3 Å². The second kappa shape index (κ2) is 6.83. The van der Waals surface area contributed by atoms with Crippen molar-refractivity contribution >= 4 is 11.8 Å². The zero-order valence-electron chi connectivity index (χ0n) is 14.9. The van der Waals surface area contributed by atoms with E-state index in [9.17, 15) is 9.59 Å². The lowest BCUT2D eigenvalue weighted by molar-refractivity contribution is -0.131. The molecule has 26 heavy (non-hydrogen) atoms. The highest BCUT2D eigenvalue weighted by Gasteiger charge is 2.30. The lowest BCUT2D eigenvalue weighted by Gasteiger charge is -2.23. The number of carbonyl (C=O) groups excluding carboxylic acids is 2. The molecule has 0 bridgehead atoms. The standard InChI is InChI=1S/C21H22N2O3/c1-26-18-7-6-15-8-10-22(11-9-16(15)12-18)20(24)14-23-13-17-4-2-3-5-19(17)21(23)25/h2-7,12H,8-11,13-14H2,1H3. The molecular weight excluding hydrogens is 328 g/mol. The van der Waals surface area contributed by atoms with Crippen LogP contribution in [0.1, 0.15) is 27.0 Å². The van der Waals surface area contributed by atoms with Gasteiger partial charge in [0.2, 0.25) is 5.91 Å². The quantitative estimate of drug-likeness (QED) is 0.853. The lowest BCUT2D eigenvalue weighted by Crippen LogP contribution is -2.41. The van der Waals surface area contributed by atoms with E-state index in [0.29, 0.717) is 19.6 Å². The van der Waals surface area contributed by atoms with Crippen LogP contribution in [0.3, 0.4) is 0 Å². The van der Waals surface area contributed by atoms with Gasteiger partial charge in [-0.2, -0.15) is 0 Å². The summed E-state index contributed by atoms with van der Waals surface area (Å²) in [6.07, 6.45) is 1.64. The van der Waals surface area contributed by atoms with Gasteiger partial charge in [0, 0.05) is 25.2 Å². The highest BCUT2D eigenvalue weighted by atomic mass is 16.5. The van der Waals surface area contributed by atoms with Crippen LogP contribution in [0.15, 0.2) is 42.5 Å². The molecule has 2 heterocycles. The predicted molar refractivity (Wildman–Crippen MR) is 98.2 cm³/mol. The first kappa shape index (κ1) is 16.6. The minimum absolute atomic E-state index is 0.0194. The van der Waals surface area contributed by atoms with Gasteiger partial charge in [0.25, 0.3) is 5.91 Å². The Hall–Kier alpha value is -2.82. The molecule has 2 aromatic rings. The number of hydrogen-bond acceptors (Lipinski definition) is 3. The van der Waals surface area contributed by atoms with Gasteiger partial charge in [0.15, 0.2) is 0 Å². The number of fused-ring (bicyclic) bond motifs is 2. The van der Waals surface area contributed by atoms with Gasteiger partial charge in [0.05, 0.1) is 7.11 Å². The number of methoxy groups -OCH3 is 1. The van der Waals surface area contributed by atoms with Crippen LogP contribution in [-0.2, 0) is 24.2 Å². The summed E-state index contributed by atoms with van der Waals surface area (Å²) in [5, 5.41) is 0. The average molecular weight is 350 g/mol. The van der Waals surface area contributed by atoms with E-state index in [0.717, 1.165) is 29.7 Å². The normalized spacial score (nSPS) is 16.1. The molecule has 0 N–H and O–H groups in total. The maximum atomic E-state index is 12.8. The molecule has 134 valence electrons. The van der Waals surface area contributed by atoms with E-state index in [1.807, 2.05) is 35.2 Å². The number of nitrogens with zero attached hydrogens (tertiary/aromatic N) is 2. The smallest absolute Gasteiger partial charge is 0.254 e. The van der Waals surface area contributed by atoms with Gasteiger partial charge in [-0.15, -0.1) is 0 Å². The van der Waals surface area contributed by atoms with Crippen LogP contribution >= 0.6 is 0 Å². The number of ether oxygens (including phenoxy) is 1. The molecule has 0 aromatic heterocycles. The molecular formula is C21H22N2O3. The SMILES string of the molecule is COc1ccc2c(c1)CCN(C(=O)CN1Cc3ccccc3C1=O)CC2. The van der Waals surface area contributed by atoms with E-state index in [1.54, 1.807) is 12.0 Å². The maximum absolute atomic E-state index is 12.8. The molecule has 2 aromatic carbocycles. The predicted octanol–water partition coefficient (Wildman–Crippen LogP) is 2.28. The summed E-state index contributed by atoms with van der Waals surface area (Å²) in [4.78, 5) is 28.8. The molecule has 2 aliphatic rings. The van der Waals surface area contributed by atoms with Gasteiger partial charge in [0.1, 0.15) is 12.3 Å². The molecule has 0 radical (unpaired) electrons. The fourth-order valence-corrected chi connectivity index (χ4v) is 3.78. The summed E-state index contributed by atoms with van der Waals surface area (Å²) in [6.45, 7) is 2.03. The summed E-state index contributed by atoms with van der Waals surface area (Å²) in [5.41, 5.74) is 4.23. The zero-order valence-corrected chi connectivity index (χ0v) is 14.9. The largest absolute Gasteiger partial charge is 0.497 e. The number of benzene rings is 2. The van der Waals surface area contributed by atoms with Gasteiger partial charge in [-0.3, -0.25) is 9.59 Å². The van der Waals surface area contributed by atoms with Crippen LogP contribution in [0.25, 0.3) is 0 Å². The van der Waals surface area contributed by atoms with E-state index in [4.69, 9.17) is 4.74 Å². The van der Waals surface area contributed by atoms with Crippen LogP contribution in [0, 0.1) is 0 Å². The maximum Gasteiger partial charge on any atom is 0.254 e. The Morgan fingerprint density at radius 1 is 1.04 bits per heavy atom. The zero-order chi connectivity index (χ0) is 18.1. The molecule has 2 amide bonds. The highest BCUT2D eigenvalue weighted by molar-refractivity contribution is 6.00. The first-order valence-corrected chi connectivity index (χ1v) is 8.96. The van der Waals surface area contributed by atoms with E-state index in [2.05, 4.69) is 12.1 Å². The van der Waals surface area contributed by atoms with Crippen LogP contribution < -0.4 is 4.74 Å². The van der Waals surface area contributed by atoms with Crippen molar-refractivity contribution in [3.63, 3.8) is 0 Å². The monoisotopic (exact) mass is 350 g/mol. The third-order valence-electron chi connectivity index (χ3n) is 5.29. The van der Waals surface area contributed by atoms with Gasteiger partial charge >= 0.3 is 0 Å². The topological polar surface area (TPSA) is 49.9 Å². The second-order valence-electron chi connectivity index (χ2n) is 6.83. The first-order valence-electron chi connectivity index (χ1n) is 8.96. The molecule has 0 aliphatic carbocycles. The Morgan fingerprint density at radius 3 is 2.58 bits per heavy atom. The lowest BCUT2D eigenvalue weighted by atomic mass is 10.0. The number of carbonyl (C=O) groups is 2. The van der Waals surface area contributed by atoms with E-state index in [1.165, 1.54) is 11.1 Å². The van der Waals surface area contributed by atoms with E-state index >= 15 is 0 Å². The molecule has 0 saturated heterocycles. The van der Waals surface area contributed by atoms with Crippen molar-refractivity contribution in [2.75, 3.05) is 26.7 Å². The summed E-state index contributed by atoms with van der Waals surface area (Å²) >= 11 is 0. The van der Waals surface area contributed by atoms with Crippen LogP contribution in [0.2, 0.25) is 0 Å². The van der Waals surface area contributed by atoms with Crippen molar-refractivity contribution in [2.24, 2.45) is 0 Å². The molecule has 4 rings (SSSR count). The van der Waals surface area contributed by atoms with Crippen molar-refractivity contribution in [2.45, 2.75) is 19.4 Å². The average Bonchev–Trinajstić information content (AvgIpc) is 2.84. The second-order valence-corrected chi connectivity index (χ2v) is 6.83. The fourth-order valence-electron chi connectivity index (χ4n) is 3.78. The Kier molecular flexibility index (Phi) is 4.37. The van der Waals surface area contributed by atoms with Gasteiger partial charge < -0.3 is 14.5 Å². The van der Waals surface area contributed by atoms with Crippen LogP contribution in [0.5, 0.6) is 5.75 Å². The van der Waals surface area contributed by atoms with E-state index < -0.39 is 0 Å². The molecule has 0 unspecified atom stereocenters. The third kappa shape index (κ3) is 3.05. The fraction of sp³-hybridized carbons (Fsp3) is 0.333. The Labute approximate surface area is 153 Å². The number of amides is 2. The molecule has 0 fully saturated rings. The van der Waals surface area contributed by atoms with Gasteiger partial charge in [-0.1, -0.05) is 24.3 Å². The Morgan fingerprint density at radius 2 is 1.81 bits per heavy atom. The van der Waals surface area contributed by atoms with Gasteiger partial charge in [-0.05, 0) is 47.7 Å². The number of hydrogen-bond donors (Lipinski definition) is 0. The minimum atomic E-state index is -0.0446. The Bertz CT molecular complexity index is 862.